The lowest BCUT2D eigenvalue weighted by Crippen LogP contribution is -2.23. The summed E-state index contributed by atoms with van der Waals surface area (Å²) in [5.41, 5.74) is 6.28. The molecule has 20 heavy (non-hydrogen) atoms. The molecule has 0 aliphatic rings. The van der Waals surface area contributed by atoms with Crippen molar-refractivity contribution in [2.75, 3.05) is 19.8 Å². The van der Waals surface area contributed by atoms with Gasteiger partial charge < -0.3 is 5.73 Å². The number of nitrogens with zero attached hydrogens (tertiary/aromatic N) is 2. The van der Waals surface area contributed by atoms with Gasteiger partial charge in [0.25, 0.3) is 0 Å². The Morgan fingerprint density at radius 2 is 1.80 bits per heavy atom. The monoisotopic (exact) mass is 309 g/mol. The lowest BCUT2D eigenvalue weighted by Gasteiger charge is -2.15. The number of sulfonamides is 1. The van der Waals surface area contributed by atoms with Crippen molar-refractivity contribution in [1.29, 1.82) is 0 Å². The number of nitrogens with two attached hydrogens (primary N) is 1. The Bertz CT molecular complexity index is 701. The van der Waals surface area contributed by atoms with E-state index in [1.165, 1.54) is 31.9 Å². The Balaban J connectivity index is 2.43. The number of hydrogen-bond acceptors (Lipinski definition) is 5. The van der Waals surface area contributed by atoms with Gasteiger partial charge in [0.05, 0.1) is 5.69 Å². The quantitative estimate of drug-likeness (QED) is 0.875. The molecule has 0 spiro atoms. The summed E-state index contributed by atoms with van der Waals surface area (Å²) in [7, 11) is -0.573. The fourth-order valence-electron chi connectivity index (χ4n) is 1.57. The van der Waals surface area contributed by atoms with E-state index in [0.717, 1.165) is 9.20 Å². The van der Waals surface area contributed by atoms with Crippen LogP contribution in [0.3, 0.4) is 0 Å². The minimum Gasteiger partial charge on any atom is -0.397 e. The van der Waals surface area contributed by atoms with E-state index in [-0.39, 0.29) is 10.6 Å². The average molecular weight is 309 g/mol. The molecule has 0 aliphatic carbocycles. The Hall–Kier alpha value is -1.57. The molecule has 0 radical (unpaired) electrons. The molecule has 0 saturated carbocycles. The van der Waals surface area contributed by atoms with Crippen molar-refractivity contribution >= 4 is 27.5 Å². The maximum atomic E-state index is 12.2. The number of para-hydroxylation sites is 1. The second-order valence-corrected chi connectivity index (χ2v) is 7.48. The van der Waals surface area contributed by atoms with E-state index in [4.69, 9.17) is 5.73 Å². The van der Waals surface area contributed by atoms with Gasteiger partial charge in [-0.2, -0.15) is 0 Å². The third kappa shape index (κ3) is 2.95. The fraction of sp³-hybridized carbons (Fsp3) is 0.154. The Labute approximate surface area is 122 Å². The molecular formula is C13H15N3O2S2. The van der Waals surface area contributed by atoms with Crippen molar-refractivity contribution in [3.8, 4) is 0 Å². The highest BCUT2D eigenvalue weighted by molar-refractivity contribution is 7.99. The van der Waals surface area contributed by atoms with Crippen molar-refractivity contribution in [3.63, 3.8) is 0 Å². The molecular weight excluding hydrogens is 294 g/mol. The lowest BCUT2D eigenvalue weighted by molar-refractivity contribution is 0.521. The van der Waals surface area contributed by atoms with Gasteiger partial charge in [0.2, 0.25) is 10.0 Å². The number of aromatic nitrogens is 1. The van der Waals surface area contributed by atoms with Crippen molar-refractivity contribution < 1.29 is 8.42 Å². The van der Waals surface area contributed by atoms with Crippen LogP contribution in [0.25, 0.3) is 0 Å². The van der Waals surface area contributed by atoms with Crippen LogP contribution in [-0.4, -0.2) is 31.8 Å². The van der Waals surface area contributed by atoms with E-state index in [0.29, 0.717) is 4.90 Å². The summed E-state index contributed by atoms with van der Waals surface area (Å²) in [4.78, 5) is 5.73. The highest BCUT2D eigenvalue weighted by Crippen LogP contribution is 2.35. The van der Waals surface area contributed by atoms with Gasteiger partial charge in [-0.25, -0.2) is 12.7 Å². The standard InChI is InChI=1S/C13H15N3O2S2/c1-16(2)20(17,18)12-5-3-4-11(13(12)14)19-10-6-8-15-9-7-10/h3-9H,14H2,1-2H3. The number of nitrogen functional groups attached to an aromatic ring is 1. The Kier molecular flexibility index (Phi) is 4.32. The van der Waals surface area contributed by atoms with Crippen LogP contribution in [0.4, 0.5) is 5.69 Å². The van der Waals surface area contributed by atoms with Crippen LogP contribution in [0.2, 0.25) is 0 Å². The van der Waals surface area contributed by atoms with Crippen LogP contribution in [0.1, 0.15) is 0 Å². The van der Waals surface area contributed by atoms with E-state index in [1.807, 2.05) is 12.1 Å². The minimum atomic E-state index is -3.54. The third-order valence-electron chi connectivity index (χ3n) is 2.66. The van der Waals surface area contributed by atoms with Gasteiger partial charge >= 0.3 is 0 Å². The molecule has 5 nitrogen and oxygen atoms in total. The molecule has 0 amide bonds. The van der Waals surface area contributed by atoms with Crippen LogP contribution in [0.5, 0.6) is 0 Å². The number of pyridine rings is 1. The summed E-state index contributed by atoms with van der Waals surface area (Å²) in [6.45, 7) is 0. The predicted octanol–water partition coefficient (Wildman–Crippen LogP) is 2.07. The normalized spacial score (nSPS) is 11.8. The van der Waals surface area contributed by atoms with Gasteiger partial charge in [-0.15, -0.1) is 0 Å². The van der Waals surface area contributed by atoms with E-state index < -0.39 is 10.0 Å². The molecule has 2 rings (SSSR count). The van der Waals surface area contributed by atoms with Gasteiger partial charge in [-0.05, 0) is 24.3 Å². The molecule has 106 valence electrons. The number of rotatable bonds is 4. The highest BCUT2D eigenvalue weighted by atomic mass is 32.2. The van der Waals surface area contributed by atoms with Crippen LogP contribution >= 0.6 is 11.8 Å². The van der Waals surface area contributed by atoms with Gasteiger partial charge in [-0.3, -0.25) is 4.98 Å². The van der Waals surface area contributed by atoms with Crippen molar-refractivity contribution in [2.45, 2.75) is 14.7 Å². The first-order valence-corrected chi connectivity index (χ1v) is 8.07. The van der Waals surface area contributed by atoms with E-state index >= 15 is 0 Å². The fourth-order valence-corrected chi connectivity index (χ4v) is 3.54. The largest absolute Gasteiger partial charge is 0.397 e. The summed E-state index contributed by atoms with van der Waals surface area (Å²) in [6.07, 6.45) is 3.36. The Morgan fingerprint density at radius 3 is 2.40 bits per heavy atom. The zero-order valence-electron chi connectivity index (χ0n) is 11.1. The minimum absolute atomic E-state index is 0.126. The average Bonchev–Trinajstić information content (AvgIpc) is 2.42. The third-order valence-corrected chi connectivity index (χ3v) is 5.62. The second kappa shape index (κ2) is 5.82. The zero-order valence-corrected chi connectivity index (χ0v) is 12.8. The van der Waals surface area contributed by atoms with Crippen molar-refractivity contribution in [1.82, 2.24) is 9.29 Å². The zero-order chi connectivity index (χ0) is 14.8. The molecule has 1 aromatic carbocycles. The topological polar surface area (TPSA) is 76.3 Å². The molecule has 1 aromatic heterocycles. The van der Waals surface area contributed by atoms with E-state index in [9.17, 15) is 8.42 Å². The first-order chi connectivity index (χ1) is 9.43. The summed E-state index contributed by atoms with van der Waals surface area (Å²) in [5, 5.41) is 0. The predicted molar refractivity (Wildman–Crippen MR) is 80.1 cm³/mol. The van der Waals surface area contributed by atoms with Crippen molar-refractivity contribution in [3.05, 3.63) is 42.7 Å². The SMILES string of the molecule is CN(C)S(=O)(=O)c1cccc(Sc2ccncc2)c1N. The molecule has 2 N–H and O–H groups in total. The first-order valence-electron chi connectivity index (χ1n) is 5.82. The molecule has 0 fully saturated rings. The highest BCUT2D eigenvalue weighted by Gasteiger charge is 2.21. The van der Waals surface area contributed by atoms with Crippen LogP contribution in [0.15, 0.2) is 57.4 Å². The molecule has 0 aliphatic heterocycles. The molecule has 2 aromatic rings. The number of benzene rings is 1. The second-order valence-electron chi connectivity index (χ2n) is 4.24. The smallest absolute Gasteiger partial charge is 0.244 e. The van der Waals surface area contributed by atoms with Gasteiger partial charge in [0, 0.05) is 36.3 Å². The molecule has 1 heterocycles. The summed E-state index contributed by atoms with van der Waals surface area (Å²) >= 11 is 1.41. The molecule has 0 unspecified atom stereocenters. The molecule has 0 atom stereocenters. The molecule has 0 saturated heterocycles. The van der Waals surface area contributed by atoms with Gasteiger partial charge in [0.1, 0.15) is 4.90 Å². The first kappa shape index (κ1) is 14.8. The summed E-state index contributed by atoms with van der Waals surface area (Å²) < 4.78 is 25.5. The summed E-state index contributed by atoms with van der Waals surface area (Å²) in [6, 6.07) is 8.70. The molecule has 0 bridgehead atoms. The molecule has 7 heteroatoms. The van der Waals surface area contributed by atoms with Crippen LogP contribution in [-0.2, 0) is 10.0 Å². The van der Waals surface area contributed by atoms with Crippen molar-refractivity contribution in [2.24, 2.45) is 0 Å². The maximum absolute atomic E-state index is 12.2. The maximum Gasteiger partial charge on any atom is 0.244 e. The van der Waals surface area contributed by atoms with E-state index in [1.54, 1.807) is 24.5 Å². The number of hydrogen-bond donors (Lipinski definition) is 1. The van der Waals surface area contributed by atoms with Crippen LogP contribution in [0, 0.1) is 0 Å². The van der Waals surface area contributed by atoms with Gasteiger partial charge in [-0.1, -0.05) is 17.8 Å². The van der Waals surface area contributed by atoms with E-state index in [2.05, 4.69) is 4.98 Å². The number of anilines is 1. The summed E-state index contributed by atoms with van der Waals surface area (Å²) in [5.74, 6) is 0. The lowest BCUT2D eigenvalue weighted by atomic mass is 10.3. The van der Waals surface area contributed by atoms with Crippen LogP contribution < -0.4 is 5.73 Å². The Morgan fingerprint density at radius 1 is 1.15 bits per heavy atom. The van der Waals surface area contributed by atoms with Gasteiger partial charge in [0.15, 0.2) is 0 Å².